The number of aliphatic hydroxyl groups excluding tert-OH is 1. The summed E-state index contributed by atoms with van der Waals surface area (Å²) in [6.45, 7) is 3.69. The maximum atomic E-state index is 9.90. The monoisotopic (exact) mass is 285 g/mol. The molecule has 0 aromatic heterocycles. The average Bonchev–Trinajstić information content (AvgIpc) is 2.54. The highest BCUT2D eigenvalue weighted by Gasteiger charge is 2.05. The van der Waals surface area contributed by atoms with Crippen LogP contribution in [0.1, 0.15) is 18.1 Å². The largest absolute Gasteiger partial charge is 0.491 e. The Morgan fingerprint density at radius 1 is 1.00 bits per heavy atom. The van der Waals surface area contributed by atoms with E-state index in [0.717, 1.165) is 18.7 Å². The first-order valence-corrected chi connectivity index (χ1v) is 7.42. The molecule has 0 aliphatic rings. The van der Waals surface area contributed by atoms with E-state index in [9.17, 15) is 5.11 Å². The molecule has 1 unspecified atom stereocenters. The summed E-state index contributed by atoms with van der Waals surface area (Å²) in [6.07, 6.45) is 0.506. The van der Waals surface area contributed by atoms with Crippen molar-refractivity contribution < 1.29 is 9.84 Å². The second-order valence-corrected chi connectivity index (χ2v) is 5.08. The fourth-order valence-corrected chi connectivity index (χ4v) is 2.05. The summed E-state index contributed by atoms with van der Waals surface area (Å²) in [5.41, 5.74) is 2.49. The summed E-state index contributed by atoms with van der Waals surface area (Å²) in [4.78, 5) is 0. The lowest BCUT2D eigenvalue weighted by Crippen LogP contribution is -2.31. The van der Waals surface area contributed by atoms with Crippen molar-refractivity contribution >= 4 is 0 Å². The fourth-order valence-electron chi connectivity index (χ4n) is 2.05. The minimum atomic E-state index is -0.514. The zero-order valence-electron chi connectivity index (χ0n) is 12.5. The van der Waals surface area contributed by atoms with Gasteiger partial charge in [0.05, 0.1) is 0 Å². The minimum Gasteiger partial charge on any atom is -0.491 e. The molecule has 112 valence electrons. The first-order chi connectivity index (χ1) is 10.3. The Morgan fingerprint density at radius 3 is 2.38 bits per heavy atom. The van der Waals surface area contributed by atoms with Gasteiger partial charge < -0.3 is 15.2 Å². The Hall–Kier alpha value is -1.84. The van der Waals surface area contributed by atoms with E-state index in [4.69, 9.17) is 4.74 Å². The third-order valence-corrected chi connectivity index (χ3v) is 3.33. The molecular formula is C18H23NO2. The van der Waals surface area contributed by atoms with Gasteiger partial charge in [0, 0.05) is 13.1 Å². The van der Waals surface area contributed by atoms with E-state index in [1.807, 2.05) is 30.3 Å². The predicted molar refractivity (Wildman–Crippen MR) is 85.5 cm³/mol. The van der Waals surface area contributed by atoms with E-state index in [1.165, 1.54) is 11.1 Å². The lowest BCUT2D eigenvalue weighted by atomic mass is 10.2. The number of aliphatic hydroxyl groups is 1. The maximum absolute atomic E-state index is 9.90. The summed E-state index contributed by atoms with van der Waals surface area (Å²) < 4.78 is 5.58. The Bertz CT molecular complexity index is 511. The number of nitrogens with one attached hydrogen (secondary N) is 1. The van der Waals surface area contributed by atoms with Crippen LogP contribution in [0.3, 0.4) is 0 Å². The number of ether oxygens (including phenoxy) is 1. The van der Waals surface area contributed by atoms with E-state index in [-0.39, 0.29) is 0 Å². The molecule has 2 aromatic carbocycles. The smallest absolute Gasteiger partial charge is 0.119 e. The summed E-state index contributed by atoms with van der Waals surface area (Å²) in [7, 11) is 0. The molecule has 1 atom stereocenters. The van der Waals surface area contributed by atoms with Gasteiger partial charge in [-0.05, 0) is 29.7 Å². The molecule has 0 bridgehead atoms. The van der Waals surface area contributed by atoms with Crippen LogP contribution in [0.5, 0.6) is 5.75 Å². The molecule has 0 spiro atoms. The summed E-state index contributed by atoms with van der Waals surface area (Å²) in [5.74, 6) is 0.800. The molecule has 2 N–H and O–H groups in total. The van der Waals surface area contributed by atoms with Gasteiger partial charge in [0.15, 0.2) is 0 Å². The van der Waals surface area contributed by atoms with Gasteiger partial charge in [-0.2, -0.15) is 0 Å². The normalized spacial score (nSPS) is 12.1. The van der Waals surface area contributed by atoms with Crippen LogP contribution < -0.4 is 10.1 Å². The fraction of sp³-hybridized carbons (Fsp3) is 0.333. The van der Waals surface area contributed by atoms with Gasteiger partial charge in [-0.25, -0.2) is 0 Å². The Labute approximate surface area is 126 Å². The molecule has 0 aliphatic heterocycles. The topological polar surface area (TPSA) is 41.5 Å². The maximum Gasteiger partial charge on any atom is 0.119 e. The molecule has 2 rings (SSSR count). The zero-order chi connectivity index (χ0) is 14.9. The van der Waals surface area contributed by atoms with Gasteiger partial charge in [-0.15, -0.1) is 0 Å². The van der Waals surface area contributed by atoms with Crippen molar-refractivity contribution in [3.05, 3.63) is 65.7 Å². The molecule has 3 heteroatoms. The van der Waals surface area contributed by atoms with Crippen molar-refractivity contribution in [2.75, 3.05) is 13.2 Å². The van der Waals surface area contributed by atoms with E-state index in [2.05, 4.69) is 36.5 Å². The first kappa shape index (κ1) is 15.5. The molecule has 0 amide bonds. The van der Waals surface area contributed by atoms with Gasteiger partial charge in [-0.3, -0.25) is 0 Å². The number of hydrogen-bond donors (Lipinski definition) is 2. The van der Waals surface area contributed by atoms with Gasteiger partial charge in [0.2, 0.25) is 0 Å². The number of aryl methyl sites for hydroxylation is 1. The van der Waals surface area contributed by atoms with Crippen molar-refractivity contribution in [2.45, 2.75) is 26.0 Å². The molecule has 0 radical (unpaired) electrons. The molecule has 0 saturated heterocycles. The van der Waals surface area contributed by atoms with Crippen molar-refractivity contribution in [2.24, 2.45) is 0 Å². The van der Waals surface area contributed by atoms with Crippen LogP contribution >= 0.6 is 0 Å². The van der Waals surface area contributed by atoms with Crippen LogP contribution in [-0.2, 0) is 13.0 Å². The van der Waals surface area contributed by atoms with Gasteiger partial charge in [0.1, 0.15) is 18.5 Å². The minimum absolute atomic E-state index is 0.299. The highest BCUT2D eigenvalue weighted by atomic mass is 16.5. The molecule has 0 heterocycles. The summed E-state index contributed by atoms with van der Waals surface area (Å²) in [5, 5.41) is 13.1. The SMILES string of the molecule is CCc1ccc(OCC(O)CNCc2ccccc2)cc1. The van der Waals surface area contributed by atoms with Crippen LogP contribution in [0, 0.1) is 0 Å². The lowest BCUT2D eigenvalue weighted by Gasteiger charge is -2.13. The van der Waals surface area contributed by atoms with E-state index >= 15 is 0 Å². The number of hydrogen-bond acceptors (Lipinski definition) is 3. The Morgan fingerprint density at radius 2 is 1.71 bits per heavy atom. The summed E-state index contributed by atoms with van der Waals surface area (Å²) in [6, 6.07) is 18.1. The molecule has 3 nitrogen and oxygen atoms in total. The predicted octanol–water partition coefficient (Wildman–Crippen LogP) is 2.78. The Balaban J connectivity index is 1.66. The van der Waals surface area contributed by atoms with Crippen LogP contribution in [0.2, 0.25) is 0 Å². The zero-order valence-corrected chi connectivity index (χ0v) is 12.5. The molecule has 2 aromatic rings. The lowest BCUT2D eigenvalue weighted by molar-refractivity contribution is 0.106. The Kier molecular flexibility index (Phi) is 6.25. The summed E-state index contributed by atoms with van der Waals surface area (Å²) >= 11 is 0. The van der Waals surface area contributed by atoms with Gasteiger partial charge >= 0.3 is 0 Å². The van der Waals surface area contributed by atoms with Crippen LogP contribution in [0.4, 0.5) is 0 Å². The first-order valence-electron chi connectivity index (χ1n) is 7.42. The molecular weight excluding hydrogens is 262 g/mol. The molecule has 0 aliphatic carbocycles. The van der Waals surface area contributed by atoms with Crippen LogP contribution in [0.15, 0.2) is 54.6 Å². The highest BCUT2D eigenvalue weighted by Crippen LogP contribution is 2.12. The molecule has 0 saturated carbocycles. The second kappa shape index (κ2) is 8.45. The van der Waals surface area contributed by atoms with Crippen molar-refractivity contribution in [1.29, 1.82) is 0 Å². The van der Waals surface area contributed by atoms with Gasteiger partial charge in [0.25, 0.3) is 0 Å². The van der Waals surface area contributed by atoms with E-state index in [0.29, 0.717) is 13.2 Å². The standard InChI is InChI=1S/C18H23NO2/c1-2-15-8-10-18(11-9-15)21-14-17(20)13-19-12-16-6-4-3-5-7-16/h3-11,17,19-20H,2,12-14H2,1H3. The van der Waals surface area contributed by atoms with E-state index < -0.39 is 6.10 Å². The molecule has 21 heavy (non-hydrogen) atoms. The van der Waals surface area contributed by atoms with Crippen LogP contribution in [0.25, 0.3) is 0 Å². The average molecular weight is 285 g/mol. The third-order valence-electron chi connectivity index (χ3n) is 3.33. The van der Waals surface area contributed by atoms with Crippen LogP contribution in [-0.4, -0.2) is 24.4 Å². The number of benzene rings is 2. The second-order valence-electron chi connectivity index (χ2n) is 5.08. The number of rotatable bonds is 8. The molecule has 0 fully saturated rings. The van der Waals surface area contributed by atoms with Gasteiger partial charge in [-0.1, -0.05) is 49.4 Å². The van der Waals surface area contributed by atoms with E-state index in [1.54, 1.807) is 0 Å². The van der Waals surface area contributed by atoms with Crippen molar-refractivity contribution in [3.8, 4) is 5.75 Å². The van der Waals surface area contributed by atoms with Crippen molar-refractivity contribution in [1.82, 2.24) is 5.32 Å². The quantitative estimate of drug-likeness (QED) is 0.783. The van der Waals surface area contributed by atoms with Crippen molar-refractivity contribution in [3.63, 3.8) is 0 Å². The highest BCUT2D eigenvalue weighted by molar-refractivity contribution is 5.27. The third kappa shape index (κ3) is 5.58.